The minimum Gasteiger partial charge on any atom is -0.273 e. The molecular weight excluding hydrogens is 240 g/mol. The molecule has 6 heteroatoms. The first-order valence-electron chi connectivity index (χ1n) is 5.70. The van der Waals surface area contributed by atoms with E-state index in [0.29, 0.717) is 11.6 Å². The summed E-state index contributed by atoms with van der Waals surface area (Å²) in [4.78, 5) is 8.43. The number of rotatable bonds is 4. The van der Waals surface area contributed by atoms with Crippen LogP contribution < -0.4 is 0 Å². The van der Waals surface area contributed by atoms with E-state index in [2.05, 4.69) is 14.2 Å². The molecule has 1 saturated carbocycles. The molecule has 0 N–H and O–H groups in total. The van der Waals surface area contributed by atoms with Crippen LogP contribution in [0.1, 0.15) is 43.0 Å². The molecule has 0 aromatic carbocycles. The molecule has 94 valence electrons. The SMILES string of the molecule is COS(=O)(=O)Cc1cnc(C2CCCC2)cn1. The maximum absolute atomic E-state index is 11.2. The summed E-state index contributed by atoms with van der Waals surface area (Å²) in [6.45, 7) is 0. The number of aromatic nitrogens is 2. The van der Waals surface area contributed by atoms with Gasteiger partial charge in [0, 0.05) is 18.3 Å². The van der Waals surface area contributed by atoms with Crippen molar-refractivity contribution in [3.05, 3.63) is 23.8 Å². The van der Waals surface area contributed by atoms with Crippen molar-refractivity contribution >= 4 is 10.1 Å². The predicted octanol–water partition coefficient (Wildman–Crippen LogP) is 1.61. The Hall–Kier alpha value is -1.01. The lowest BCUT2D eigenvalue weighted by Gasteiger charge is -2.08. The highest BCUT2D eigenvalue weighted by Crippen LogP contribution is 2.32. The summed E-state index contributed by atoms with van der Waals surface area (Å²) in [5.74, 6) is 0.275. The first kappa shape index (κ1) is 12.4. The van der Waals surface area contributed by atoms with Crippen LogP contribution in [0.25, 0.3) is 0 Å². The molecule has 0 radical (unpaired) electrons. The van der Waals surface area contributed by atoms with Crippen LogP contribution in [0, 0.1) is 0 Å². The largest absolute Gasteiger partial charge is 0.273 e. The van der Waals surface area contributed by atoms with Gasteiger partial charge >= 0.3 is 0 Å². The van der Waals surface area contributed by atoms with E-state index in [9.17, 15) is 8.42 Å². The monoisotopic (exact) mass is 256 g/mol. The molecule has 0 spiro atoms. The van der Waals surface area contributed by atoms with Crippen molar-refractivity contribution < 1.29 is 12.6 Å². The number of hydrogen-bond donors (Lipinski definition) is 0. The maximum atomic E-state index is 11.2. The summed E-state index contributed by atoms with van der Waals surface area (Å²) < 4.78 is 26.8. The van der Waals surface area contributed by atoms with E-state index in [-0.39, 0.29) is 5.75 Å². The van der Waals surface area contributed by atoms with Crippen LogP contribution in [0.4, 0.5) is 0 Å². The summed E-state index contributed by atoms with van der Waals surface area (Å²) >= 11 is 0. The zero-order valence-electron chi connectivity index (χ0n) is 9.80. The fraction of sp³-hybridized carbons (Fsp3) is 0.636. The first-order valence-corrected chi connectivity index (χ1v) is 7.27. The first-order chi connectivity index (χ1) is 8.11. The minimum absolute atomic E-state index is 0.221. The highest BCUT2D eigenvalue weighted by molar-refractivity contribution is 7.85. The van der Waals surface area contributed by atoms with Gasteiger partial charge in [-0.1, -0.05) is 12.8 Å². The van der Waals surface area contributed by atoms with Crippen LogP contribution in [0.15, 0.2) is 12.4 Å². The standard InChI is InChI=1S/C11H16N2O3S/c1-16-17(14,15)8-10-6-13-11(7-12-10)9-4-2-3-5-9/h6-7,9H,2-5,8H2,1H3. The molecule has 1 heterocycles. The van der Waals surface area contributed by atoms with Crippen molar-refractivity contribution in [2.45, 2.75) is 37.4 Å². The smallest absolute Gasteiger partial charge is 0.272 e. The Morgan fingerprint density at radius 1 is 1.29 bits per heavy atom. The molecular formula is C11H16N2O3S. The van der Waals surface area contributed by atoms with Gasteiger partial charge in [0.25, 0.3) is 10.1 Å². The van der Waals surface area contributed by atoms with Gasteiger partial charge in [0.05, 0.1) is 18.5 Å². The predicted molar refractivity (Wildman–Crippen MR) is 62.9 cm³/mol. The van der Waals surface area contributed by atoms with Crippen LogP contribution in [-0.4, -0.2) is 25.5 Å². The summed E-state index contributed by atoms with van der Waals surface area (Å²) in [5, 5.41) is 0. The number of hydrogen-bond acceptors (Lipinski definition) is 5. The molecule has 1 aliphatic rings. The Kier molecular flexibility index (Phi) is 3.73. The molecule has 1 aromatic heterocycles. The van der Waals surface area contributed by atoms with Crippen LogP contribution in [-0.2, 0) is 20.1 Å². The average molecular weight is 256 g/mol. The molecule has 0 atom stereocenters. The zero-order valence-corrected chi connectivity index (χ0v) is 10.6. The normalized spacial score (nSPS) is 17.5. The van der Waals surface area contributed by atoms with E-state index < -0.39 is 10.1 Å². The molecule has 17 heavy (non-hydrogen) atoms. The highest BCUT2D eigenvalue weighted by atomic mass is 32.2. The molecule has 0 amide bonds. The molecule has 0 saturated heterocycles. The third-order valence-corrected chi connectivity index (χ3v) is 4.23. The van der Waals surface area contributed by atoms with E-state index >= 15 is 0 Å². The zero-order chi connectivity index (χ0) is 12.3. The molecule has 2 rings (SSSR count). The minimum atomic E-state index is -3.51. The van der Waals surface area contributed by atoms with Crippen LogP contribution in [0.5, 0.6) is 0 Å². The van der Waals surface area contributed by atoms with Gasteiger partial charge in [-0.2, -0.15) is 8.42 Å². The van der Waals surface area contributed by atoms with Gasteiger partial charge in [0.2, 0.25) is 0 Å². The third kappa shape index (κ3) is 3.23. The summed E-state index contributed by atoms with van der Waals surface area (Å²) in [6.07, 6.45) is 8.02. The molecule has 1 aliphatic carbocycles. The second kappa shape index (κ2) is 5.10. The summed E-state index contributed by atoms with van der Waals surface area (Å²) in [5.41, 5.74) is 1.40. The van der Waals surface area contributed by atoms with Gasteiger partial charge in [-0.05, 0) is 12.8 Å². The van der Waals surface area contributed by atoms with Crippen molar-refractivity contribution in [3.8, 4) is 0 Å². The third-order valence-electron chi connectivity index (χ3n) is 3.08. The van der Waals surface area contributed by atoms with Crippen molar-refractivity contribution in [2.24, 2.45) is 0 Å². The molecule has 0 aliphatic heterocycles. The van der Waals surface area contributed by atoms with Crippen LogP contribution in [0.3, 0.4) is 0 Å². The Labute approximate surface area is 101 Å². The lowest BCUT2D eigenvalue weighted by Crippen LogP contribution is -2.08. The average Bonchev–Trinajstić information content (AvgIpc) is 2.83. The van der Waals surface area contributed by atoms with Gasteiger partial charge in [0.1, 0.15) is 5.75 Å². The van der Waals surface area contributed by atoms with Gasteiger partial charge in [-0.25, -0.2) is 0 Å². The lowest BCUT2D eigenvalue weighted by molar-refractivity contribution is 0.396. The summed E-state index contributed by atoms with van der Waals surface area (Å²) in [6, 6.07) is 0. The van der Waals surface area contributed by atoms with E-state index in [1.54, 1.807) is 6.20 Å². The summed E-state index contributed by atoms with van der Waals surface area (Å²) in [7, 11) is -2.36. The maximum Gasteiger partial charge on any atom is 0.272 e. The lowest BCUT2D eigenvalue weighted by atomic mass is 10.1. The van der Waals surface area contributed by atoms with Crippen molar-refractivity contribution in [1.82, 2.24) is 9.97 Å². The molecule has 5 nitrogen and oxygen atoms in total. The second-order valence-electron chi connectivity index (χ2n) is 4.28. The number of nitrogens with zero attached hydrogens (tertiary/aromatic N) is 2. The highest BCUT2D eigenvalue weighted by Gasteiger charge is 2.19. The molecule has 0 bridgehead atoms. The van der Waals surface area contributed by atoms with Gasteiger partial charge in [-0.3, -0.25) is 14.2 Å². The topological polar surface area (TPSA) is 69.2 Å². The molecule has 1 aromatic rings. The van der Waals surface area contributed by atoms with Crippen molar-refractivity contribution in [3.63, 3.8) is 0 Å². The van der Waals surface area contributed by atoms with Gasteiger partial charge in [0.15, 0.2) is 0 Å². The van der Waals surface area contributed by atoms with Crippen molar-refractivity contribution in [2.75, 3.05) is 7.11 Å². The Bertz CT molecular complexity index is 464. The van der Waals surface area contributed by atoms with E-state index in [0.717, 1.165) is 25.6 Å². The fourth-order valence-corrected chi connectivity index (χ4v) is 2.74. The second-order valence-corrected chi connectivity index (χ2v) is 6.02. The Morgan fingerprint density at radius 2 is 2.00 bits per heavy atom. The Morgan fingerprint density at radius 3 is 2.53 bits per heavy atom. The molecule has 1 fully saturated rings. The fourth-order valence-electron chi connectivity index (χ4n) is 2.11. The quantitative estimate of drug-likeness (QED) is 0.765. The Balaban J connectivity index is 2.07. The van der Waals surface area contributed by atoms with Crippen LogP contribution >= 0.6 is 0 Å². The van der Waals surface area contributed by atoms with Crippen molar-refractivity contribution in [1.29, 1.82) is 0 Å². The van der Waals surface area contributed by atoms with E-state index in [1.807, 2.05) is 0 Å². The van der Waals surface area contributed by atoms with Gasteiger partial charge < -0.3 is 0 Å². The van der Waals surface area contributed by atoms with E-state index in [4.69, 9.17) is 0 Å². The molecule has 0 unspecified atom stereocenters. The van der Waals surface area contributed by atoms with Crippen LogP contribution in [0.2, 0.25) is 0 Å². The van der Waals surface area contributed by atoms with E-state index in [1.165, 1.54) is 19.0 Å². The van der Waals surface area contributed by atoms with Gasteiger partial charge in [-0.15, -0.1) is 0 Å².